The lowest BCUT2D eigenvalue weighted by atomic mass is 10.0. The van der Waals surface area contributed by atoms with Gasteiger partial charge in [0.2, 0.25) is 8.80 Å². The Labute approximate surface area is 152 Å². The van der Waals surface area contributed by atoms with Gasteiger partial charge in [0.05, 0.1) is 6.26 Å². The number of hydrogen-bond acceptors (Lipinski definition) is 3. The van der Waals surface area contributed by atoms with Gasteiger partial charge in [0.25, 0.3) is 0 Å². The molecule has 0 bridgehead atoms. The zero-order valence-corrected chi connectivity index (χ0v) is 16.0. The number of hydrogen-bond donors (Lipinski definition) is 0. The molecule has 2 heterocycles. The van der Waals surface area contributed by atoms with E-state index in [1.165, 1.54) is 10.8 Å². The lowest BCUT2D eigenvalue weighted by Crippen LogP contribution is -2.52. The van der Waals surface area contributed by atoms with Crippen LogP contribution in [0.15, 0.2) is 69.7 Å². The normalized spacial score (nSPS) is 12.8. The fraction of sp³-hybridized carbons (Fsp3) is 0.150. The number of benzene rings is 2. The third-order valence-electron chi connectivity index (χ3n) is 4.40. The smallest absolute Gasteiger partial charge is 0.205 e. The molecule has 0 saturated heterocycles. The van der Waals surface area contributed by atoms with Crippen molar-refractivity contribution >= 4 is 47.4 Å². The molecule has 126 valence electrons. The van der Waals surface area contributed by atoms with Gasteiger partial charge in [-0.15, -0.1) is 0 Å². The first-order chi connectivity index (χ1) is 12.1. The molecule has 0 aliphatic rings. The predicted octanol–water partition coefficient (Wildman–Crippen LogP) is 3.45. The van der Waals surface area contributed by atoms with Crippen molar-refractivity contribution in [2.45, 2.75) is 19.8 Å². The number of furan rings is 1. The Morgan fingerprint density at radius 1 is 1.00 bits per heavy atom. The SMILES string of the molecule is CC(C)c1ccc2nc([SiH](c3ccccc3)c3coc(Cl)c3)oc2c1. The summed E-state index contributed by atoms with van der Waals surface area (Å²) in [6.07, 6.45) is 1.72. The van der Waals surface area contributed by atoms with Crippen LogP contribution in [0.2, 0.25) is 5.22 Å². The van der Waals surface area contributed by atoms with Crippen molar-refractivity contribution in [2.75, 3.05) is 0 Å². The molecule has 0 spiro atoms. The first-order valence-corrected chi connectivity index (χ1v) is 10.4. The van der Waals surface area contributed by atoms with Crippen molar-refractivity contribution in [1.82, 2.24) is 4.98 Å². The molecule has 0 aliphatic carbocycles. The van der Waals surface area contributed by atoms with Crippen molar-refractivity contribution in [2.24, 2.45) is 0 Å². The third kappa shape index (κ3) is 3.15. The van der Waals surface area contributed by atoms with E-state index in [9.17, 15) is 0 Å². The van der Waals surface area contributed by atoms with Gasteiger partial charge in [-0.05, 0) is 51.7 Å². The summed E-state index contributed by atoms with van der Waals surface area (Å²) in [5, 5.41) is 2.67. The van der Waals surface area contributed by atoms with Gasteiger partial charge >= 0.3 is 0 Å². The monoisotopic (exact) mass is 367 g/mol. The first-order valence-electron chi connectivity index (χ1n) is 8.31. The summed E-state index contributed by atoms with van der Waals surface area (Å²) in [5.41, 5.74) is 3.76. The lowest BCUT2D eigenvalue weighted by Gasteiger charge is -2.09. The fourth-order valence-corrected chi connectivity index (χ4v) is 5.91. The minimum absolute atomic E-state index is 0.390. The van der Waals surface area contributed by atoms with Crippen LogP contribution in [0.25, 0.3) is 11.1 Å². The van der Waals surface area contributed by atoms with Gasteiger partial charge < -0.3 is 8.83 Å². The van der Waals surface area contributed by atoms with Crippen LogP contribution in [0, 0.1) is 0 Å². The molecule has 1 unspecified atom stereocenters. The molecule has 1 atom stereocenters. The molecule has 0 aliphatic heterocycles. The van der Waals surface area contributed by atoms with Gasteiger partial charge in [-0.25, -0.2) is 4.98 Å². The van der Waals surface area contributed by atoms with E-state index in [2.05, 4.69) is 38.1 Å². The molecule has 2 aromatic carbocycles. The Balaban J connectivity index is 1.86. The molecule has 3 nitrogen and oxygen atoms in total. The molecular formula is C20H18ClNO2Si. The Kier molecular flexibility index (Phi) is 4.23. The highest BCUT2D eigenvalue weighted by atomic mass is 35.5. The topological polar surface area (TPSA) is 39.2 Å². The van der Waals surface area contributed by atoms with Gasteiger partial charge in [0, 0.05) is 0 Å². The largest absolute Gasteiger partial charge is 0.453 e. The highest BCUT2D eigenvalue weighted by Crippen LogP contribution is 2.20. The second-order valence-electron chi connectivity index (χ2n) is 6.46. The van der Waals surface area contributed by atoms with E-state index in [-0.39, 0.29) is 0 Å². The summed E-state index contributed by atoms with van der Waals surface area (Å²) in [6.45, 7) is 4.35. The van der Waals surface area contributed by atoms with Gasteiger partial charge in [0.15, 0.2) is 16.3 Å². The van der Waals surface area contributed by atoms with Crippen LogP contribution in [0.3, 0.4) is 0 Å². The minimum atomic E-state index is -1.86. The summed E-state index contributed by atoms with van der Waals surface area (Å²) < 4.78 is 11.5. The second kappa shape index (κ2) is 6.54. The van der Waals surface area contributed by atoms with Crippen LogP contribution >= 0.6 is 11.6 Å². The van der Waals surface area contributed by atoms with Gasteiger partial charge in [-0.1, -0.05) is 50.2 Å². The van der Waals surface area contributed by atoms with Crippen LogP contribution in [0.4, 0.5) is 0 Å². The summed E-state index contributed by atoms with van der Waals surface area (Å²) in [5.74, 6) is 0.452. The van der Waals surface area contributed by atoms with Crippen molar-refractivity contribution in [3.63, 3.8) is 0 Å². The lowest BCUT2D eigenvalue weighted by molar-refractivity contribution is 0.571. The molecule has 4 aromatic rings. The van der Waals surface area contributed by atoms with E-state index in [0.29, 0.717) is 11.1 Å². The van der Waals surface area contributed by atoms with E-state index < -0.39 is 8.80 Å². The van der Waals surface area contributed by atoms with Crippen molar-refractivity contribution in [3.8, 4) is 0 Å². The molecule has 25 heavy (non-hydrogen) atoms. The summed E-state index contributed by atoms with van der Waals surface area (Å²) in [7, 11) is -1.86. The van der Waals surface area contributed by atoms with E-state index in [1.54, 1.807) is 6.26 Å². The number of rotatable bonds is 4. The average molecular weight is 368 g/mol. The molecule has 4 rings (SSSR count). The zero-order valence-electron chi connectivity index (χ0n) is 14.1. The number of oxazole rings is 1. The van der Waals surface area contributed by atoms with Crippen LogP contribution in [-0.2, 0) is 0 Å². The second-order valence-corrected chi connectivity index (χ2v) is 9.53. The van der Waals surface area contributed by atoms with Gasteiger partial charge in [-0.3, -0.25) is 0 Å². The van der Waals surface area contributed by atoms with Crippen molar-refractivity contribution in [1.29, 1.82) is 0 Å². The molecule has 0 N–H and O–H groups in total. The van der Waals surface area contributed by atoms with E-state index >= 15 is 0 Å². The van der Waals surface area contributed by atoms with Gasteiger partial charge in [-0.2, -0.15) is 0 Å². The first kappa shape index (κ1) is 16.2. The molecule has 0 fully saturated rings. The molecule has 2 aromatic heterocycles. The van der Waals surface area contributed by atoms with Gasteiger partial charge in [0.1, 0.15) is 5.52 Å². The summed E-state index contributed by atoms with van der Waals surface area (Å²) >= 11 is 6.02. The van der Waals surface area contributed by atoms with E-state index in [0.717, 1.165) is 21.8 Å². The van der Waals surface area contributed by atoms with Crippen LogP contribution < -0.4 is 15.9 Å². The number of fused-ring (bicyclic) bond motifs is 1. The standard InChI is InChI=1S/C20H18ClNO2Si/c1-13(2)14-8-9-17-18(10-14)24-20(22-17)25(15-6-4-3-5-7-15)16-11-19(21)23-12-16/h3-13,25H,1-2H3. The third-order valence-corrected chi connectivity index (χ3v) is 7.36. The Morgan fingerprint density at radius 2 is 1.80 bits per heavy atom. The number of nitrogens with zero attached hydrogens (tertiary/aromatic N) is 1. The zero-order chi connectivity index (χ0) is 17.4. The Hall–Kier alpha value is -2.30. The maximum atomic E-state index is 6.20. The Bertz CT molecular complexity index is 1010. The molecule has 0 radical (unpaired) electrons. The molecule has 0 saturated carbocycles. The number of halogens is 1. The molecule has 0 amide bonds. The maximum absolute atomic E-state index is 6.20. The summed E-state index contributed by atoms with van der Waals surface area (Å²) in [4.78, 5) is 4.79. The highest BCUT2D eigenvalue weighted by Gasteiger charge is 2.26. The molecular weight excluding hydrogens is 350 g/mol. The number of aromatic nitrogens is 1. The highest BCUT2D eigenvalue weighted by molar-refractivity contribution is 6.94. The van der Waals surface area contributed by atoms with E-state index in [1.807, 2.05) is 30.3 Å². The van der Waals surface area contributed by atoms with Crippen molar-refractivity contribution < 1.29 is 8.83 Å². The van der Waals surface area contributed by atoms with Crippen LogP contribution in [0.5, 0.6) is 0 Å². The predicted molar refractivity (Wildman–Crippen MR) is 104 cm³/mol. The van der Waals surface area contributed by atoms with E-state index in [4.69, 9.17) is 25.4 Å². The van der Waals surface area contributed by atoms with Crippen LogP contribution in [-0.4, -0.2) is 13.8 Å². The van der Waals surface area contributed by atoms with Crippen molar-refractivity contribution in [3.05, 3.63) is 71.6 Å². The maximum Gasteiger partial charge on any atom is 0.205 e. The van der Waals surface area contributed by atoms with Crippen LogP contribution in [0.1, 0.15) is 25.3 Å². The quantitative estimate of drug-likeness (QED) is 0.519. The minimum Gasteiger partial charge on any atom is -0.453 e. The Morgan fingerprint density at radius 3 is 2.48 bits per heavy atom. The summed E-state index contributed by atoms with van der Waals surface area (Å²) in [6, 6.07) is 18.4. The fourth-order valence-electron chi connectivity index (χ4n) is 3.04. The molecule has 5 heteroatoms. The average Bonchev–Trinajstić information content (AvgIpc) is 3.21.